The van der Waals surface area contributed by atoms with Gasteiger partial charge in [0.15, 0.2) is 0 Å². The Kier molecular flexibility index (Phi) is 3.58. The molecule has 3 aromatic rings. The van der Waals surface area contributed by atoms with Crippen LogP contribution in [0.15, 0.2) is 46.3 Å². The minimum Gasteiger partial charge on any atom is -0.381 e. The molecule has 1 aromatic carbocycles. The first-order valence-corrected chi connectivity index (χ1v) is 7.68. The van der Waals surface area contributed by atoms with Gasteiger partial charge in [0.25, 0.3) is 0 Å². The van der Waals surface area contributed by atoms with Crippen molar-refractivity contribution in [3.05, 3.63) is 61.8 Å². The second-order valence-electron chi connectivity index (χ2n) is 4.08. The predicted molar refractivity (Wildman–Crippen MR) is 82.8 cm³/mol. The van der Waals surface area contributed by atoms with Crippen molar-refractivity contribution in [3.8, 4) is 0 Å². The molecule has 0 bridgehead atoms. The molecule has 0 aliphatic rings. The molecule has 3 rings (SSSR count). The number of pyridine rings is 1. The number of aliphatic hydroxyl groups is 1. The average Bonchev–Trinajstić information content (AvgIpc) is 2.83. The molecule has 0 spiro atoms. The molecule has 5 heteroatoms. The fourth-order valence-corrected chi connectivity index (χ4v) is 3.62. The molecular weight excluding hydrogens is 346 g/mol. The number of thiophene rings is 1. The van der Waals surface area contributed by atoms with Crippen molar-refractivity contribution in [2.24, 2.45) is 0 Å². The highest BCUT2D eigenvalue weighted by atomic mass is 79.9. The summed E-state index contributed by atoms with van der Waals surface area (Å²) in [5.41, 5.74) is 1.44. The van der Waals surface area contributed by atoms with Crippen molar-refractivity contribution in [2.45, 2.75) is 6.10 Å². The summed E-state index contributed by atoms with van der Waals surface area (Å²) in [4.78, 5) is 5.24. The maximum atomic E-state index is 10.4. The lowest BCUT2D eigenvalue weighted by molar-refractivity contribution is 0.219. The number of rotatable bonds is 2. The molecule has 0 radical (unpaired) electrons. The molecule has 2 aromatic heterocycles. The van der Waals surface area contributed by atoms with Gasteiger partial charge in [0.2, 0.25) is 0 Å². The number of nitrogens with zero attached hydrogens (tertiary/aromatic N) is 1. The molecule has 0 fully saturated rings. The van der Waals surface area contributed by atoms with E-state index in [4.69, 9.17) is 11.6 Å². The first kappa shape index (κ1) is 13.1. The normalized spacial score (nSPS) is 12.8. The summed E-state index contributed by atoms with van der Waals surface area (Å²) < 4.78 is 0.781. The largest absolute Gasteiger partial charge is 0.381 e. The molecule has 1 atom stereocenters. The van der Waals surface area contributed by atoms with Crippen molar-refractivity contribution >= 4 is 49.8 Å². The zero-order chi connectivity index (χ0) is 13.4. The van der Waals surface area contributed by atoms with Crippen molar-refractivity contribution in [2.75, 3.05) is 0 Å². The third kappa shape index (κ3) is 2.41. The van der Waals surface area contributed by atoms with Crippen LogP contribution >= 0.6 is 38.9 Å². The van der Waals surface area contributed by atoms with Crippen molar-refractivity contribution < 1.29 is 5.11 Å². The number of aromatic nitrogens is 1. The van der Waals surface area contributed by atoms with E-state index in [1.807, 2.05) is 35.7 Å². The molecule has 19 heavy (non-hydrogen) atoms. The molecule has 1 N–H and O–H groups in total. The SMILES string of the molecule is OC(c1nc2ccccc2cc1Br)c1sccc1Cl. The third-order valence-electron chi connectivity index (χ3n) is 2.86. The standard InChI is InChI=1S/C14H9BrClNOS/c15-9-7-8-3-1-2-4-11(8)17-12(9)13(18)14-10(16)5-6-19-14/h1-7,13,18H. The van der Waals surface area contributed by atoms with Crippen LogP contribution in [0.3, 0.4) is 0 Å². The van der Waals surface area contributed by atoms with E-state index in [-0.39, 0.29) is 0 Å². The van der Waals surface area contributed by atoms with Gasteiger partial charge < -0.3 is 5.11 Å². The van der Waals surface area contributed by atoms with E-state index in [1.54, 1.807) is 6.07 Å². The second-order valence-corrected chi connectivity index (χ2v) is 6.29. The van der Waals surface area contributed by atoms with E-state index < -0.39 is 6.10 Å². The zero-order valence-corrected chi connectivity index (χ0v) is 12.8. The molecule has 0 aliphatic carbocycles. The van der Waals surface area contributed by atoms with E-state index >= 15 is 0 Å². The molecule has 2 heterocycles. The second kappa shape index (κ2) is 5.21. The Morgan fingerprint density at radius 3 is 2.79 bits per heavy atom. The van der Waals surface area contributed by atoms with Crippen molar-refractivity contribution in [1.82, 2.24) is 4.98 Å². The fourth-order valence-electron chi connectivity index (χ4n) is 1.92. The summed E-state index contributed by atoms with van der Waals surface area (Å²) in [6, 6.07) is 11.5. The first-order chi connectivity index (χ1) is 9.16. The van der Waals surface area contributed by atoms with Crippen LogP contribution in [0.5, 0.6) is 0 Å². The summed E-state index contributed by atoms with van der Waals surface area (Å²) >= 11 is 11.0. The van der Waals surface area contributed by atoms with Gasteiger partial charge in [0.05, 0.1) is 21.1 Å². The number of fused-ring (bicyclic) bond motifs is 1. The monoisotopic (exact) mass is 353 g/mol. The number of benzene rings is 1. The predicted octanol–water partition coefficient (Wildman–Crippen LogP) is 4.79. The molecule has 96 valence electrons. The van der Waals surface area contributed by atoms with Gasteiger partial charge in [-0.05, 0) is 39.5 Å². The number of para-hydroxylation sites is 1. The van der Waals surface area contributed by atoms with Gasteiger partial charge in [0.1, 0.15) is 6.10 Å². The van der Waals surface area contributed by atoms with Crippen LogP contribution in [0, 0.1) is 0 Å². The molecule has 0 aliphatic heterocycles. The summed E-state index contributed by atoms with van der Waals surface area (Å²) in [6.07, 6.45) is -0.813. The summed E-state index contributed by atoms with van der Waals surface area (Å²) in [7, 11) is 0. The molecular formula is C14H9BrClNOS. The van der Waals surface area contributed by atoms with Gasteiger partial charge >= 0.3 is 0 Å². The Bertz CT molecular complexity index is 743. The average molecular weight is 355 g/mol. The lowest BCUT2D eigenvalue weighted by atomic mass is 10.1. The van der Waals surface area contributed by atoms with E-state index in [9.17, 15) is 5.11 Å². The lowest BCUT2D eigenvalue weighted by Gasteiger charge is -2.12. The van der Waals surface area contributed by atoms with E-state index in [2.05, 4.69) is 20.9 Å². The van der Waals surface area contributed by atoms with Crippen LogP contribution in [0.1, 0.15) is 16.7 Å². The fraction of sp³-hybridized carbons (Fsp3) is 0.0714. The Labute approximate surface area is 127 Å². The van der Waals surface area contributed by atoms with E-state index in [1.165, 1.54) is 11.3 Å². The van der Waals surface area contributed by atoms with Gasteiger partial charge in [0, 0.05) is 9.86 Å². The number of hydrogen-bond donors (Lipinski definition) is 1. The number of hydrogen-bond acceptors (Lipinski definition) is 3. The lowest BCUT2D eigenvalue weighted by Crippen LogP contribution is -2.02. The maximum Gasteiger partial charge on any atom is 0.133 e. The first-order valence-electron chi connectivity index (χ1n) is 5.63. The highest BCUT2D eigenvalue weighted by Gasteiger charge is 2.20. The van der Waals surface area contributed by atoms with Crippen molar-refractivity contribution in [3.63, 3.8) is 0 Å². The molecule has 1 unspecified atom stereocenters. The van der Waals surface area contributed by atoms with Crippen LogP contribution < -0.4 is 0 Å². The quantitative estimate of drug-likeness (QED) is 0.717. The molecule has 2 nitrogen and oxygen atoms in total. The minimum absolute atomic E-state index is 0.569. The zero-order valence-electron chi connectivity index (χ0n) is 9.68. The Balaban J connectivity index is 2.14. The Hall–Kier alpha value is -0.940. The van der Waals surface area contributed by atoms with Gasteiger partial charge in [-0.1, -0.05) is 29.8 Å². The molecule has 0 saturated heterocycles. The Morgan fingerprint density at radius 1 is 1.26 bits per heavy atom. The van der Waals surface area contributed by atoms with Crippen LogP contribution in [0.4, 0.5) is 0 Å². The van der Waals surface area contributed by atoms with Crippen LogP contribution in [-0.4, -0.2) is 10.1 Å². The number of halogens is 2. The van der Waals surface area contributed by atoms with Gasteiger partial charge in [-0.15, -0.1) is 11.3 Å². The highest BCUT2D eigenvalue weighted by Crippen LogP contribution is 2.35. The third-order valence-corrected chi connectivity index (χ3v) is 4.90. The van der Waals surface area contributed by atoms with E-state index in [0.29, 0.717) is 15.6 Å². The summed E-state index contributed by atoms with van der Waals surface area (Å²) in [5.74, 6) is 0. The van der Waals surface area contributed by atoms with Crippen LogP contribution in [-0.2, 0) is 0 Å². The molecule has 0 saturated carbocycles. The smallest absolute Gasteiger partial charge is 0.133 e. The highest BCUT2D eigenvalue weighted by molar-refractivity contribution is 9.10. The topological polar surface area (TPSA) is 33.1 Å². The molecule has 0 amide bonds. The van der Waals surface area contributed by atoms with Crippen LogP contribution in [0.25, 0.3) is 10.9 Å². The summed E-state index contributed by atoms with van der Waals surface area (Å²) in [6.45, 7) is 0. The van der Waals surface area contributed by atoms with E-state index in [0.717, 1.165) is 15.4 Å². The number of aliphatic hydroxyl groups excluding tert-OH is 1. The van der Waals surface area contributed by atoms with Crippen LogP contribution in [0.2, 0.25) is 5.02 Å². The Morgan fingerprint density at radius 2 is 2.05 bits per heavy atom. The van der Waals surface area contributed by atoms with Gasteiger partial charge in [-0.3, -0.25) is 0 Å². The maximum absolute atomic E-state index is 10.4. The van der Waals surface area contributed by atoms with Gasteiger partial charge in [-0.2, -0.15) is 0 Å². The minimum atomic E-state index is -0.813. The summed E-state index contributed by atoms with van der Waals surface area (Å²) in [5, 5.41) is 13.9. The van der Waals surface area contributed by atoms with Crippen molar-refractivity contribution in [1.29, 1.82) is 0 Å². The van der Waals surface area contributed by atoms with Gasteiger partial charge in [-0.25, -0.2) is 4.98 Å².